The van der Waals surface area contributed by atoms with Crippen LogP contribution in [0.1, 0.15) is 18.0 Å². The Bertz CT molecular complexity index is 273. The molecule has 3 N–H and O–H groups in total. The van der Waals surface area contributed by atoms with Gasteiger partial charge in [-0.05, 0) is 12.5 Å². The minimum Gasteiger partial charge on any atom is -0.506 e. The predicted octanol–water partition coefficient (Wildman–Crippen LogP) is 1.36. The van der Waals surface area contributed by atoms with Crippen LogP contribution in [0.25, 0.3) is 0 Å². The molecule has 1 aromatic heterocycles. The van der Waals surface area contributed by atoms with Gasteiger partial charge in [0.1, 0.15) is 5.75 Å². The highest BCUT2D eigenvalue weighted by molar-refractivity contribution is 5.31. The molecule has 1 atom stereocenters. The maximum absolute atomic E-state index is 9.33. The molecule has 0 aliphatic rings. The molecule has 1 heterocycles. The van der Waals surface area contributed by atoms with E-state index < -0.39 is 0 Å². The molecule has 12 heavy (non-hydrogen) atoms. The second-order valence-corrected chi connectivity index (χ2v) is 2.57. The fourth-order valence-electron chi connectivity index (χ4n) is 1.02. The van der Waals surface area contributed by atoms with Crippen molar-refractivity contribution in [1.82, 2.24) is 4.98 Å². The van der Waals surface area contributed by atoms with E-state index in [-0.39, 0.29) is 11.8 Å². The Morgan fingerprint density at radius 1 is 1.75 bits per heavy atom. The SMILES string of the molecule is C=CCC(N)c1ccncc1O. The largest absolute Gasteiger partial charge is 0.506 e. The molecule has 3 nitrogen and oxygen atoms in total. The number of hydrogen-bond donors (Lipinski definition) is 2. The van der Waals surface area contributed by atoms with Gasteiger partial charge in [0.2, 0.25) is 0 Å². The van der Waals surface area contributed by atoms with Gasteiger partial charge < -0.3 is 10.8 Å². The summed E-state index contributed by atoms with van der Waals surface area (Å²) in [5.41, 5.74) is 6.46. The lowest BCUT2D eigenvalue weighted by molar-refractivity contribution is 0.459. The highest BCUT2D eigenvalue weighted by atomic mass is 16.3. The lowest BCUT2D eigenvalue weighted by Gasteiger charge is -2.09. The van der Waals surface area contributed by atoms with Crippen LogP contribution in [0, 0.1) is 0 Å². The normalized spacial score (nSPS) is 12.4. The number of aromatic nitrogens is 1. The fraction of sp³-hybridized carbons (Fsp3) is 0.222. The lowest BCUT2D eigenvalue weighted by Crippen LogP contribution is -2.09. The van der Waals surface area contributed by atoms with Crippen LogP contribution in [0.5, 0.6) is 5.75 Å². The van der Waals surface area contributed by atoms with Crippen LogP contribution in [0.2, 0.25) is 0 Å². The van der Waals surface area contributed by atoms with Crippen molar-refractivity contribution in [2.45, 2.75) is 12.5 Å². The first-order valence-electron chi connectivity index (χ1n) is 3.75. The number of aromatic hydroxyl groups is 1. The van der Waals surface area contributed by atoms with Gasteiger partial charge in [-0.3, -0.25) is 4.98 Å². The Morgan fingerprint density at radius 2 is 2.50 bits per heavy atom. The molecule has 3 heteroatoms. The van der Waals surface area contributed by atoms with E-state index in [4.69, 9.17) is 5.73 Å². The summed E-state index contributed by atoms with van der Waals surface area (Å²) in [4.78, 5) is 3.76. The Morgan fingerprint density at radius 3 is 3.08 bits per heavy atom. The molecular formula is C9H12N2O. The van der Waals surface area contributed by atoms with Gasteiger partial charge in [0.25, 0.3) is 0 Å². The number of nitrogens with zero attached hydrogens (tertiary/aromatic N) is 1. The van der Waals surface area contributed by atoms with Crippen molar-refractivity contribution in [3.63, 3.8) is 0 Å². The zero-order chi connectivity index (χ0) is 8.97. The van der Waals surface area contributed by atoms with Gasteiger partial charge in [-0.25, -0.2) is 0 Å². The maximum atomic E-state index is 9.33. The molecule has 0 saturated heterocycles. The van der Waals surface area contributed by atoms with Crippen LogP contribution in [0.15, 0.2) is 31.1 Å². The van der Waals surface area contributed by atoms with Crippen LogP contribution < -0.4 is 5.73 Å². The van der Waals surface area contributed by atoms with Crippen molar-refractivity contribution in [1.29, 1.82) is 0 Å². The minimum atomic E-state index is -0.189. The van der Waals surface area contributed by atoms with Crippen molar-refractivity contribution in [2.24, 2.45) is 5.73 Å². The standard InChI is InChI=1S/C9H12N2O/c1-2-3-8(10)7-4-5-11-6-9(7)12/h2,4-6,8,12H,1,3,10H2. The summed E-state index contributed by atoms with van der Waals surface area (Å²) < 4.78 is 0. The second-order valence-electron chi connectivity index (χ2n) is 2.57. The number of hydrogen-bond acceptors (Lipinski definition) is 3. The van der Waals surface area contributed by atoms with Crippen molar-refractivity contribution in [3.05, 3.63) is 36.7 Å². The van der Waals surface area contributed by atoms with E-state index in [9.17, 15) is 5.11 Å². The fourth-order valence-corrected chi connectivity index (χ4v) is 1.02. The van der Waals surface area contributed by atoms with Crippen molar-refractivity contribution in [2.75, 3.05) is 0 Å². The Balaban J connectivity index is 2.86. The van der Waals surface area contributed by atoms with Gasteiger partial charge in [0, 0.05) is 17.8 Å². The van der Waals surface area contributed by atoms with Crippen LogP contribution in [-0.4, -0.2) is 10.1 Å². The lowest BCUT2D eigenvalue weighted by atomic mass is 10.1. The quantitative estimate of drug-likeness (QED) is 0.663. The van der Waals surface area contributed by atoms with Crippen LogP contribution in [-0.2, 0) is 0 Å². The molecule has 0 aliphatic carbocycles. The average Bonchev–Trinajstić information content (AvgIpc) is 2.05. The summed E-state index contributed by atoms with van der Waals surface area (Å²) >= 11 is 0. The van der Waals surface area contributed by atoms with E-state index in [2.05, 4.69) is 11.6 Å². The molecule has 0 spiro atoms. The highest BCUT2D eigenvalue weighted by Crippen LogP contribution is 2.22. The van der Waals surface area contributed by atoms with E-state index >= 15 is 0 Å². The summed E-state index contributed by atoms with van der Waals surface area (Å²) in [5, 5.41) is 9.33. The Kier molecular flexibility index (Phi) is 2.82. The molecule has 0 fully saturated rings. The molecule has 0 aliphatic heterocycles. The Hall–Kier alpha value is -1.35. The molecule has 0 saturated carbocycles. The third kappa shape index (κ3) is 1.83. The number of nitrogens with two attached hydrogens (primary N) is 1. The molecule has 0 radical (unpaired) electrons. The van der Waals surface area contributed by atoms with Gasteiger partial charge in [0.05, 0.1) is 6.20 Å². The molecule has 0 bridgehead atoms. The first-order valence-corrected chi connectivity index (χ1v) is 3.75. The van der Waals surface area contributed by atoms with Crippen LogP contribution >= 0.6 is 0 Å². The van der Waals surface area contributed by atoms with Gasteiger partial charge in [0.15, 0.2) is 0 Å². The molecule has 1 rings (SSSR count). The van der Waals surface area contributed by atoms with Crippen molar-refractivity contribution < 1.29 is 5.11 Å². The van der Waals surface area contributed by atoms with E-state index in [0.717, 1.165) is 0 Å². The van der Waals surface area contributed by atoms with E-state index in [0.29, 0.717) is 12.0 Å². The highest BCUT2D eigenvalue weighted by Gasteiger charge is 2.07. The van der Waals surface area contributed by atoms with E-state index in [1.54, 1.807) is 18.3 Å². The van der Waals surface area contributed by atoms with Crippen LogP contribution in [0.3, 0.4) is 0 Å². The van der Waals surface area contributed by atoms with Crippen LogP contribution in [0.4, 0.5) is 0 Å². The minimum absolute atomic E-state index is 0.145. The van der Waals surface area contributed by atoms with E-state index in [1.807, 2.05) is 0 Å². The molecule has 1 unspecified atom stereocenters. The van der Waals surface area contributed by atoms with Gasteiger partial charge >= 0.3 is 0 Å². The summed E-state index contributed by atoms with van der Waals surface area (Å²) in [6.45, 7) is 3.58. The summed E-state index contributed by atoms with van der Waals surface area (Å²) in [5.74, 6) is 0.145. The molecular weight excluding hydrogens is 152 g/mol. The first kappa shape index (κ1) is 8.74. The molecule has 0 amide bonds. The summed E-state index contributed by atoms with van der Waals surface area (Å²) in [7, 11) is 0. The van der Waals surface area contributed by atoms with Gasteiger partial charge in [-0.1, -0.05) is 6.08 Å². The summed E-state index contributed by atoms with van der Waals surface area (Å²) in [6, 6.07) is 1.52. The number of pyridine rings is 1. The third-order valence-electron chi connectivity index (χ3n) is 1.65. The predicted molar refractivity (Wildman–Crippen MR) is 47.6 cm³/mol. The van der Waals surface area contributed by atoms with Gasteiger partial charge in [-0.2, -0.15) is 0 Å². The van der Waals surface area contributed by atoms with Gasteiger partial charge in [-0.15, -0.1) is 6.58 Å². The number of rotatable bonds is 3. The zero-order valence-electron chi connectivity index (χ0n) is 6.77. The smallest absolute Gasteiger partial charge is 0.138 e. The van der Waals surface area contributed by atoms with E-state index in [1.165, 1.54) is 6.20 Å². The average molecular weight is 164 g/mol. The second kappa shape index (κ2) is 3.88. The third-order valence-corrected chi connectivity index (χ3v) is 1.65. The van der Waals surface area contributed by atoms with Crippen molar-refractivity contribution in [3.8, 4) is 5.75 Å². The Labute approximate surface area is 71.6 Å². The zero-order valence-corrected chi connectivity index (χ0v) is 6.77. The molecule has 64 valence electrons. The van der Waals surface area contributed by atoms with Crippen molar-refractivity contribution >= 4 is 0 Å². The topological polar surface area (TPSA) is 59.1 Å². The maximum Gasteiger partial charge on any atom is 0.138 e. The first-order chi connectivity index (χ1) is 5.75. The molecule has 1 aromatic rings. The summed E-state index contributed by atoms with van der Waals surface area (Å²) in [6.07, 6.45) is 5.37. The monoisotopic (exact) mass is 164 g/mol. The molecule has 0 aromatic carbocycles.